The molecule has 9 heteroatoms. The van der Waals surface area contributed by atoms with Crippen molar-refractivity contribution in [3.63, 3.8) is 0 Å². The van der Waals surface area contributed by atoms with Gasteiger partial charge in [0.05, 0.1) is 5.75 Å². The molecule has 0 saturated carbocycles. The molecule has 152 valence electrons. The Bertz CT molecular complexity index is 795. The van der Waals surface area contributed by atoms with E-state index in [-0.39, 0.29) is 24.3 Å². The van der Waals surface area contributed by atoms with Crippen molar-refractivity contribution in [3.8, 4) is 11.4 Å². The smallest absolute Gasteiger partial charge is 0.316 e. The minimum absolute atomic E-state index is 0.0521. The second-order valence-corrected chi connectivity index (χ2v) is 7.64. The van der Waals surface area contributed by atoms with Crippen LogP contribution in [0.2, 0.25) is 5.02 Å². The highest BCUT2D eigenvalue weighted by Crippen LogP contribution is 2.25. The predicted octanol–water partition coefficient (Wildman–Crippen LogP) is 3.56. The molecule has 1 heterocycles. The summed E-state index contributed by atoms with van der Waals surface area (Å²) in [6.07, 6.45) is 1.87. The van der Waals surface area contributed by atoms with Crippen LogP contribution in [0.4, 0.5) is 0 Å². The SMILES string of the molecule is CCCC(C)NC(=O)COC(=O)CSc1nnc(-c2ccc(Cl)cc2)n1CC. The first-order valence-electron chi connectivity index (χ1n) is 9.21. The minimum Gasteiger partial charge on any atom is -0.455 e. The molecule has 0 bridgehead atoms. The van der Waals surface area contributed by atoms with Crippen molar-refractivity contribution in [2.75, 3.05) is 12.4 Å². The lowest BCUT2D eigenvalue weighted by atomic mass is 10.2. The molecule has 1 aromatic carbocycles. The summed E-state index contributed by atoms with van der Waals surface area (Å²) in [5, 5.41) is 12.5. The van der Waals surface area contributed by atoms with E-state index in [1.165, 1.54) is 11.8 Å². The molecule has 28 heavy (non-hydrogen) atoms. The zero-order valence-corrected chi connectivity index (χ0v) is 17.8. The van der Waals surface area contributed by atoms with E-state index in [0.717, 1.165) is 18.4 Å². The van der Waals surface area contributed by atoms with E-state index in [0.29, 0.717) is 22.5 Å². The van der Waals surface area contributed by atoms with Gasteiger partial charge in [-0.1, -0.05) is 36.7 Å². The molecule has 1 atom stereocenters. The van der Waals surface area contributed by atoms with E-state index in [1.807, 2.05) is 37.5 Å². The Kier molecular flexibility index (Phi) is 8.79. The van der Waals surface area contributed by atoms with Crippen molar-refractivity contribution in [3.05, 3.63) is 29.3 Å². The number of nitrogens with one attached hydrogen (secondary N) is 1. The first-order valence-corrected chi connectivity index (χ1v) is 10.6. The van der Waals surface area contributed by atoms with Gasteiger partial charge in [-0.2, -0.15) is 0 Å². The highest BCUT2D eigenvalue weighted by atomic mass is 35.5. The fourth-order valence-electron chi connectivity index (χ4n) is 2.63. The van der Waals surface area contributed by atoms with E-state index < -0.39 is 5.97 Å². The van der Waals surface area contributed by atoms with E-state index in [2.05, 4.69) is 15.5 Å². The Morgan fingerprint density at radius 3 is 2.61 bits per heavy atom. The molecule has 0 aliphatic heterocycles. The van der Waals surface area contributed by atoms with Gasteiger partial charge in [-0.15, -0.1) is 10.2 Å². The average molecular weight is 425 g/mol. The summed E-state index contributed by atoms with van der Waals surface area (Å²) in [6, 6.07) is 7.41. The normalized spacial score (nSPS) is 11.9. The Labute approximate surface area is 174 Å². The zero-order valence-electron chi connectivity index (χ0n) is 16.3. The predicted molar refractivity (Wildman–Crippen MR) is 110 cm³/mol. The van der Waals surface area contributed by atoms with Crippen LogP contribution in [0.25, 0.3) is 11.4 Å². The van der Waals surface area contributed by atoms with E-state index in [9.17, 15) is 9.59 Å². The second-order valence-electron chi connectivity index (χ2n) is 6.26. The molecular weight excluding hydrogens is 400 g/mol. The molecular formula is C19H25ClN4O3S. The summed E-state index contributed by atoms with van der Waals surface area (Å²) >= 11 is 7.16. The van der Waals surface area contributed by atoms with Gasteiger partial charge in [-0.25, -0.2) is 0 Å². The molecule has 2 aromatic rings. The molecule has 0 radical (unpaired) electrons. The number of hydrogen-bond acceptors (Lipinski definition) is 6. The number of carbonyl (C=O) groups is 2. The lowest BCUT2D eigenvalue weighted by Gasteiger charge is -2.12. The first-order chi connectivity index (χ1) is 13.4. The Hall–Kier alpha value is -2.06. The summed E-state index contributed by atoms with van der Waals surface area (Å²) in [6.45, 7) is 6.33. The topological polar surface area (TPSA) is 86.1 Å². The molecule has 1 aromatic heterocycles. The molecule has 0 aliphatic carbocycles. The van der Waals surface area contributed by atoms with Crippen molar-refractivity contribution in [2.24, 2.45) is 0 Å². The van der Waals surface area contributed by atoms with Gasteiger partial charge in [0.15, 0.2) is 17.6 Å². The van der Waals surface area contributed by atoms with Crippen LogP contribution >= 0.6 is 23.4 Å². The number of benzene rings is 1. The van der Waals surface area contributed by atoms with Crippen molar-refractivity contribution in [1.29, 1.82) is 0 Å². The Morgan fingerprint density at radius 2 is 1.96 bits per heavy atom. The lowest BCUT2D eigenvalue weighted by Crippen LogP contribution is -2.35. The molecule has 1 amide bonds. The quantitative estimate of drug-likeness (QED) is 0.463. The molecule has 2 rings (SSSR count). The summed E-state index contributed by atoms with van der Waals surface area (Å²) < 4.78 is 6.96. The third-order valence-electron chi connectivity index (χ3n) is 3.95. The third-order valence-corrected chi connectivity index (χ3v) is 5.14. The van der Waals surface area contributed by atoms with Crippen molar-refractivity contribution >= 4 is 35.2 Å². The molecule has 1 N–H and O–H groups in total. The van der Waals surface area contributed by atoms with Gasteiger partial charge in [0.25, 0.3) is 5.91 Å². The van der Waals surface area contributed by atoms with Gasteiger partial charge in [-0.05, 0) is 44.5 Å². The summed E-state index contributed by atoms with van der Waals surface area (Å²) in [5.41, 5.74) is 0.894. The van der Waals surface area contributed by atoms with Crippen LogP contribution < -0.4 is 5.32 Å². The van der Waals surface area contributed by atoms with Crippen LogP contribution in [-0.2, 0) is 20.9 Å². The van der Waals surface area contributed by atoms with Crippen LogP contribution in [0.5, 0.6) is 0 Å². The molecule has 0 aliphatic rings. The Balaban J connectivity index is 1.88. The largest absolute Gasteiger partial charge is 0.455 e. The second kappa shape index (κ2) is 11.1. The highest BCUT2D eigenvalue weighted by molar-refractivity contribution is 7.99. The number of halogens is 1. The number of carbonyl (C=O) groups excluding carboxylic acids is 2. The van der Waals surface area contributed by atoms with Crippen LogP contribution in [0, 0.1) is 0 Å². The summed E-state index contributed by atoms with van der Waals surface area (Å²) in [7, 11) is 0. The molecule has 0 saturated heterocycles. The van der Waals surface area contributed by atoms with Gasteiger partial charge in [0, 0.05) is 23.2 Å². The number of thioether (sulfide) groups is 1. The molecule has 7 nitrogen and oxygen atoms in total. The summed E-state index contributed by atoms with van der Waals surface area (Å²) in [5.74, 6) is -0.00124. The van der Waals surface area contributed by atoms with E-state index in [4.69, 9.17) is 16.3 Å². The third kappa shape index (κ3) is 6.53. The Morgan fingerprint density at radius 1 is 1.25 bits per heavy atom. The van der Waals surface area contributed by atoms with Gasteiger partial charge < -0.3 is 14.6 Å². The number of nitrogens with zero attached hydrogens (tertiary/aromatic N) is 3. The van der Waals surface area contributed by atoms with Crippen LogP contribution in [-0.4, -0.2) is 45.0 Å². The fraction of sp³-hybridized carbons (Fsp3) is 0.474. The van der Waals surface area contributed by atoms with E-state index in [1.54, 1.807) is 12.1 Å². The van der Waals surface area contributed by atoms with Crippen LogP contribution in [0.1, 0.15) is 33.6 Å². The maximum absolute atomic E-state index is 12.0. The number of ether oxygens (including phenoxy) is 1. The average Bonchev–Trinajstić information content (AvgIpc) is 3.08. The van der Waals surface area contributed by atoms with Gasteiger partial charge in [0.2, 0.25) is 0 Å². The molecule has 1 unspecified atom stereocenters. The van der Waals surface area contributed by atoms with Crippen molar-refractivity contribution in [1.82, 2.24) is 20.1 Å². The van der Waals surface area contributed by atoms with Crippen LogP contribution in [0.15, 0.2) is 29.4 Å². The maximum Gasteiger partial charge on any atom is 0.316 e. The number of hydrogen-bond donors (Lipinski definition) is 1. The fourth-order valence-corrected chi connectivity index (χ4v) is 3.55. The molecule has 0 fully saturated rings. The number of rotatable bonds is 10. The highest BCUT2D eigenvalue weighted by Gasteiger charge is 2.16. The number of amides is 1. The minimum atomic E-state index is -0.470. The van der Waals surface area contributed by atoms with Gasteiger partial charge in [-0.3, -0.25) is 9.59 Å². The van der Waals surface area contributed by atoms with E-state index >= 15 is 0 Å². The van der Waals surface area contributed by atoms with Gasteiger partial charge >= 0.3 is 5.97 Å². The zero-order chi connectivity index (χ0) is 20.5. The maximum atomic E-state index is 12.0. The number of esters is 1. The van der Waals surface area contributed by atoms with Crippen LogP contribution in [0.3, 0.4) is 0 Å². The van der Waals surface area contributed by atoms with Gasteiger partial charge in [0.1, 0.15) is 0 Å². The number of aromatic nitrogens is 3. The van der Waals surface area contributed by atoms with Crippen molar-refractivity contribution < 1.29 is 14.3 Å². The molecule has 0 spiro atoms. The monoisotopic (exact) mass is 424 g/mol. The lowest BCUT2D eigenvalue weighted by molar-refractivity contribution is -0.146. The standard InChI is InChI=1S/C19H25ClN4O3S/c1-4-6-13(3)21-16(25)11-27-17(26)12-28-19-23-22-18(24(19)5-2)14-7-9-15(20)10-8-14/h7-10,13H,4-6,11-12H2,1-3H3,(H,21,25). The first kappa shape index (κ1) is 22.2. The summed E-state index contributed by atoms with van der Waals surface area (Å²) in [4.78, 5) is 23.7. The van der Waals surface area contributed by atoms with Crippen molar-refractivity contribution in [2.45, 2.75) is 51.4 Å².